The second-order valence-corrected chi connectivity index (χ2v) is 3.20. The van der Waals surface area contributed by atoms with Crippen LogP contribution in [0.4, 0.5) is 0 Å². The Bertz CT molecular complexity index is 560. The largest absolute Gasteiger partial charge is 0.425 e. The summed E-state index contributed by atoms with van der Waals surface area (Å²) in [4.78, 5) is 33.2. The lowest BCUT2D eigenvalue weighted by atomic mass is 10.0. The van der Waals surface area contributed by atoms with Gasteiger partial charge in [0.05, 0.1) is 5.56 Å². The SMILES string of the molecule is CC(=O)Oc1ccc(C=O)c(C(=O)NN)c1C#N. The van der Waals surface area contributed by atoms with Crippen LogP contribution in [0.1, 0.15) is 33.2 Å². The minimum Gasteiger partial charge on any atom is -0.425 e. The van der Waals surface area contributed by atoms with Gasteiger partial charge in [-0.3, -0.25) is 19.8 Å². The molecule has 0 aliphatic heterocycles. The fourth-order valence-electron chi connectivity index (χ4n) is 1.37. The molecule has 0 saturated carbocycles. The summed E-state index contributed by atoms with van der Waals surface area (Å²) < 4.78 is 4.77. The maximum Gasteiger partial charge on any atom is 0.308 e. The van der Waals surface area contributed by atoms with Gasteiger partial charge in [-0.2, -0.15) is 5.26 Å². The molecule has 92 valence electrons. The number of nitrogens with two attached hydrogens (primary N) is 1. The Morgan fingerprint density at radius 1 is 1.50 bits per heavy atom. The van der Waals surface area contributed by atoms with Crippen LogP contribution in [-0.4, -0.2) is 18.2 Å². The van der Waals surface area contributed by atoms with Gasteiger partial charge in [0.1, 0.15) is 17.4 Å². The molecular weight excluding hydrogens is 238 g/mol. The fourth-order valence-corrected chi connectivity index (χ4v) is 1.37. The molecule has 0 aromatic heterocycles. The van der Waals surface area contributed by atoms with E-state index in [1.165, 1.54) is 12.1 Å². The molecule has 1 rings (SSSR count). The smallest absolute Gasteiger partial charge is 0.308 e. The molecule has 0 spiro atoms. The molecule has 1 amide bonds. The third-order valence-corrected chi connectivity index (χ3v) is 2.05. The van der Waals surface area contributed by atoms with E-state index in [1.807, 2.05) is 5.43 Å². The zero-order valence-electron chi connectivity index (χ0n) is 9.39. The number of nitriles is 1. The number of rotatable bonds is 3. The second-order valence-electron chi connectivity index (χ2n) is 3.20. The van der Waals surface area contributed by atoms with Crippen molar-refractivity contribution in [1.82, 2.24) is 5.43 Å². The summed E-state index contributed by atoms with van der Waals surface area (Å²) in [5.41, 5.74) is 1.35. The van der Waals surface area contributed by atoms with Gasteiger partial charge in [0, 0.05) is 12.5 Å². The number of benzene rings is 1. The first-order valence-electron chi connectivity index (χ1n) is 4.76. The van der Waals surface area contributed by atoms with Crippen LogP contribution in [0.2, 0.25) is 0 Å². The predicted molar refractivity (Wildman–Crippen MR) is 59.5 cm³/mol. The number of aldehydes is 1. The number of esters is 1. The molecular formula is C11H9N3O4. The number of amides is 1. The van der Waals surface area contributed by atoms with E-state index < -0.39 is 11.9 Å². The first-order valence-corrected chi connectivity index (χ1v) is 4.76. The van der Waals surface area contributed by atoms with Crippen molar-refractivity contribution in [3.05, 3.63) is 28.8 Å². The maximum atomic E-state index is 11.5. The predicted octanol–water partition coefficient (Wildman–Crippen LogP) is -0.100. The van der Waals surface area contributed by atoms with Crippen molar-refractivity contribution in [2.45, 2.75) is 6.92 Å². The van der Waals surface area contributed by atoms with Crippen LogP contribution in [0.3, 0.4) is 0 Å². The van der Waals surface area contributed by atoms with Crippen molar-refractivity contribution in [2.24, 2.45) is 5.84 Å². The Morgan fingerprint density at radius 2 is 2.17 bits per heavy atom. The number of carbonyl (C=O) groups is 3. The van der Waals surface area contributed by atoms with Crippen LogP contribution in [0.5, 0.6) is 5.75 Å². The van der Waals surface area contributed by atoms with E-state index in [2.05, 4.69) is 0 Å². The highest BCUT2D eigenvalue weighted by atomic mass is 16.5. The Labute approximate surface area is 102 Å². The van der Waals surface area contributed by atoms with E-state index in [1.54, 1.807) is 6.07 Å². The quantitative estimate of drug-likeness (QED) is 0.192. The highest BCUT2D eigenvalue weighted by Gasteiger charge is 2.20. The summed E-state index contributed by atoms with van der Waals surface area (Å²) in [5, 5.41) is 9.00. The zero-order chi connectivity index (χ0) is 13.7. The monoisotopic (exact) mass is 247 g/mol. The molecule has 0 saturated heterocycles. The molecule has 3 N–H and O–H groups in total. The number of nitrogens with zero attached hydrogens (tertiary/aromatic N) is 1. The topological polar surface area (TPSA) is 122 Å². The number of ether oxygens (including phenoxy) is 1. The average molecular weight is 247 g/mol. The van der Waals surface area contributed by atoms with E-state index >= 15 is 0 Å². The van der Waals surface area contributed by atoms with Crippen molar-refractivity contribution < 1.29 is 19.1 Å². The van der Waals surface area contributed by atoms with Gasteiger partial charge in [0.15, 0.2) is 6.29 Å². The van der Waals surface area contributed by atoms with Crippen molar-refractivity contribution in [1.29, 1.82) is 5.26 Å². The summed E-state index contributed by atoms with van der Waals surface area (Å²) in [6.45, 7) is 1.15. The van der Waals surface area contributed by atoms with E-state index in [4.69, 9.17) is 15.8 Å². The van der Waals surface area contributed by atoms with Gasteiger partial charge in [-0.15, -0.1) is 0 Å². The normalized spacial score (nSPS) is 9.17. The van der Waals surface area contributed by atoms with Crippen molar-refractivity contribution in [2.75, 3.05) is 0 Å². The van der Waals surface area contributed by atoms with Crippen LogP contribution in [0.15, 0.2) is 12.1 Å². The average Bonchev–Trinajstić information content (AvgIpc) is 2.36. The first-order chi connectivity index (χ1) is 8.54. The maximum absolute atomic E-state index is 11.5. The summed E-state index contributed by atoms with van der Waals surface area (Å²) in [7, 11) is 0. The number of carbonyl (C=O) groups excluding carboxylic acids is 3. The molecule has 0 aliphatic rings. The van der Waals surface area contributed by atoms with Gasteiger partial charge < -0.3 is 4.74 Å². The molecule has 7 heteroatoms. The zero-order valence-corrected chi connectivity index (χ0v) is 9.39. The molecule has 1 aromatic rings. The fraction of sp³-hybridized carbons (Fsp3) is 0.0909. The Hall–Kier alpha value is -2.72. The lowest BCUT2D eigenvalue weighted by molar-refractivity contribution is -0.131. The van der Waals surface area contributed by atoms with Crippen molar-refractivity contribution in [3.63, 3.8) is 0 Å². The van der Waals surface area contributed by atoms with Gasteiger partial charge >= 0.3 is 5.97 Å². The first kappa shape index (κ1) is 13.3. The number of hydrazine groups is 1. The highest BCUT2D eigenvalue weighted by Crippen LogP contribution is 2.24. The molecule has 0 bridgehead atoms. The van der Waals surface area contributed by atoms with E-state index in [-0.39, 0.29) is 22.4 Å². The summed E-state index contributed by atoms with van der Waals surface area (Å²) in [6.07, 6.45) is 0.406. The Morgan fingerprint density at radius 3 is 2.61 bits per heavy atom. The molecule has 7 nitrogen and oxygen atoms in total. The minimum atomic E-state index is -0.817. The van der Waals surface area contributed by atoms with Crippen LogP contribution in [0.25, 0.3) is 0 Å². The Kier molecular flexibility index (Phi) is 4.12. The standard InChI is InChI=1S/C11H9N3O4/c1-6(16)18-9-3-2-7(5-15)10(8(9)4-12)11(17)14-13/h2-3,5H,13H2,1H3,(H,14,17). The van der Waals surface area contributed by atoms with E-state index in [0.717, 1.165) is 6.92 Å². The third kappa shape index (κ3) is 2.50. The molecule has 0 aliphatic carbocycles. The van der Waals surface area contributed by atoms with Gasteiger partial charge in [-0.05, 0) is 12.1 Å². The number of nitrogens with one attached hydrogen (secondary N) is 1. The molecule has 0 fully saturated rings. The lowest BCUT2D eigenvalue weighted by Crippen LogP contribution is -2.31. The summed E-state index contributed by atoms with van der Waals surface area (Å²) in [5.74, 6) is 3.40. The number of hydrogen-bond donors (Lipinski definition) is 2. The number of nitrogen functional groups attached to an aromatic ring is 1. The Balaban J connectivity index is 3.52. The van der Waals surface area contributed by atoms with Gasteiger partial charge in [0.2, 0.25) is 0 Å². The number of hydrogen-bond acceptors (Lipinski definition) is 6. The molecule has 0 unspecified atom stereocenters. The molecule has 0 heterocycles. The van der Waals surface area contributed by atoms with Crippen LogP contribution < -0.4 is 16.0 Å². The minimum absolute atomic E-state index is 0.0228. The highest BCUT2D eigenvalue weighted by molar-refractivity contribution is 6.04. The van der Waals surface area contributed by atoms with Crippen LogP contribution in [0, 0.1) is 11.3 Å². The van der Waals surface area contributed by atoms with Crippen molar-refractivity contribution in [3.8, 4) is 11.8 Å². The van der Waals surface area contributed by atoms with Crippen LogP contribution in [-0.2, 0) is 4.79 Å². The molecule has 18 heavy (non-hydrogen) atoms. The lowest BCUT2D eigenvalue weighted by Gasteiger charge is -2.09. The van der Waals surface area contributed by atoms with Gasteiger partial charge in [-0.25, -0.2) is 5.84 Å². The van der Waals surface area contributed by atoms with Crippen LogP contribution >= 0.6 is 0 Å². The third-order valence-electron chi connectivity index (χ3n) is 2.05. The molecule has 0 atom stereocenters. The van der Waals surface area contributed by atoms with E-state index in [0.29, 0.717) is 6.29 Å². The summed E-state index contributed by atoms with van der Waals surface area (Å²) >= 11 is 0. The van der Waals surface area contributed by atoms with Gasteiger partial charge in [-0.1, -0.05) is 0 Å². The van der Waals surface area contributed by atoms with Crippen molar-refractivity contribution >= 4 is 18.2 Å². The summed E-state index contributed by atoms with van der Waals surface area (Å²) in [6, 6.07) is 4.23. The van der Waals surface area contributed by atoms with E-state index in [9.17, 15) is 14.4 Å². The molecule has 0 radical (unpaired) electrons. The van der Waals surface area contributed by atoms with Gasteiger partial charge in [0.25, 0.3) is 5.91 Å². The molecule has 1 aromatic carbocycles. The second kappa shape index (κ2) is 5.56.